The lowest BCUT2D eigenvalue weighted by molar-refractivity contribution is 0.0801. The van der Waals surface area contributed by atoms with E-state index in [0.29, 0.717) is 5.56 Å². The Labute approximate surface area is 106 Å². The molecule has 0 unspecified atom stereocenters. The van der Waals surface area contributed by atoms with Crippen LogP contribution in [-0.4, -0.2) is 24.0 Å². The zero-order valence-corrected chi connectivity index (χ0v) is 10.4. The lowest BCUT2D eigenvalue weighted by Gasteiger charge is -2.26. The Morgan fingerprint density at radius 3 is 2.67 bits per heavy atom. The van der Waals surface area contributed by atoms with Crippen molar-refractivity contribution in [1.29, 1.82) is 0 Å². The first-order valence-electron chi connectivity index (χ1n) is 6.18. The van der Waals surface area contributed by atoms with Crippen LogP contribution in [0.5, 0.6) is 0 Å². The summed E-state index contributed by atoms with van der Waals surface area (Å²) in [5.41, 5.74) is 4.73. The second-order valence-electron chi connectivity index (χ2n) is 4.36. The lowest BCUT2D eigenvalue weighted by Crippen LogP contribution is -2.44. The van der Waals surface area contributed by atoms with Crippen molar-refractivity contribution in [2.45, 2.75) is 19.8 Å². The van der Waals surface area contributed by atoms with Crippen molar-refractivity contribution in [1.82, 2.24) is 10.4 Å². The van der Waals surface area contributed by atoms with Gasteiger partial charge in [-0.25, -0.2) is 9.40 Å². The maximum absolute atomic E-state index is 12.7. The number of halogens is 1. The van der Waals surface area contributed by atoms with E-state index >= 15 is 0 Å². The SMILES string of the molecule is CCC1=CCN(NC(=O)c2ccc(F)cc2)CC1. The molecule has 0 atom stereocenters. The van der Waals surface area contributed by atoms with Gasteiger partial charge < -0.3 is 0 Å². The molecule has 4 heteroatoms. The maximum atomic E-state index is 12.7. The van der Waals surface area contributed by atoms with Gasteiger partial charge in [0, 0.05) is 18.7 Å². The van der Waals surface area contributed by atoms with E-state index in [1.807, 2.05) is 5.01 Å². The molecule has 3 nitrogen and oxygen atoms in total. The smallest absolute Gasteiger partial charge is 0.265 e. The van der Waals surface area contributed by atoms with Gasteiger partial charge in [-0.1, -0.05) is 18.6 Å². The number of hydrogen-bond donors (Lipinski definition) is 1. The molecule has 0 aromatic heterocycles. The first-order chi connectivity index (χ1) is 8.69. The molecule has 1 amide bonds. The fourth-order valence-electron chi connectivity index (χ4n) is 1.94. The number of hydrazine groups is 1. The second kappa shape index (κ2) is 5.78. The molecule has 96 valence electrons. The fraction of sp³-hybridized carbons (Fsp3) is 0.357. The third kappa shape index (κ3) is 3.17. The standard InChI is InChI=1S/C14H17FN2O/c1-2-11-7-9-17(10-8-11)16-14(18)12-3-5-13(15)6-4-12/h3-7H,2,8-10H2,1H3,(H,16,18). The molecule has 2 rings (SSSR count). The van der Waals surface area contributed by atoms with E-state index in [4.69, 9.17) is 0 Å². The molecule has 0 saturated carbocycles. The molecular formula is C14H17FN2O. The molecule has 0 radical (unpaired) electrons. The van der Waals surface area contributed by atoms with E-state index in [9.17, 15) is 9.18 Å². The Kier molecular flexibility index (Phi) is 4.10. The maximum Gasteiger partial charge on any atom is 0.265 e. The Bertz CT molecular complexity index is 453. The Morgan fingerprint density at radius 2 is 2.11 bits per heavy atom. The van der Waals surface area contributed by atoms with Gasteiger partial charge in [0.2, 0.25) is 0 Å². The van der Waals surface area contributed by atoms with Crippen LogP contribution >= 0.6 is 0 Å². The molecule has 1 aliphatic rings. The van der Waals surface area contributed by atoms with E-state index < -0.39 is 0 Å². The van der Waals surface area contributed by atoms with Crippen LogP contribution in [0.25, 0.3) is 0 Å². The first-order valence-corrected chi connectivity index (χ1v) is 6.18. The van der Waals surface area contributed by atoms with Crippen LogP contribution in [0.4, 0.5) is 4.39 Å². The predicted octanol–water partition coefficient (Wildman–Crippen LogP) is 2.51. The van der Waals surface area contributed by atoms with Crippen LogP contribution in [0, 0.1) is 5.82 Å². The average Bonchev–Trinajstić information content (AvgIpc) is 2.40. The number of hydrogen-bond acceptors (Lipinski definition) is 2. The quantitative estimate of drug-likeness (QED) is 0.834. The van der Waals surface area contributed by atoms with Crippen LogP contribution in [0.15, 0.2) is 35.9 Å². The first kappa shape index (κ1) is 12.8. The predicted molar refractivity (Wildman–Crippen MR) is 68.4 cm³/mol. The minimum Gasteiger partial charge on any atom is -0.284 e. The van der Waals surface area contributed by atoms with Gasteiger partial charge in [0.1, 0.15) is 5.82 Å². The molecule has 0 aliphatic carbocycles. The van der Waals surface area contributed by atoms with Gasteiger partial charge in [-0.2, -0.15) is 0 Å². The highest BCUT2D eigenvalue weighted by atomic mass is 19.1. The van der Waals surface area contributed by atoms with Crippen molar-refractivity contribution < 1.29 is 9.18 Å². The summed E-state index contributed by atoms with van der Waals surface area (Å²) in [5.74, 6) is -0.525. The molecule has 1 aromatic carbocycles. The number of carbonyl (C=O) groups excluding carboxylic acids is 1. The van der Waals surface area contributed by atoms with Crippen LogP contribution in [-0.2, 0) is 0 Å². The van der Waals surface area contributed by atoms with Crippen molar-refractivity contribution in [2.75, 3.05) is 13.1 Å². The highest BCUT2D eigenvalue weighted by Gasteiger charge is 2.14. The summed E-state index contributed by atoms with van der Waals surface area (Å²) in [7, 11) is 0. The molecule has 1 aliphatic heterocycles. The second-order valence-corrected chi connectivity index (χ2v) is 4.36. The Balaban J connectivity index is 1.92. The van der Waals surface area contributed by atoms with Crippen molar-refractivity contribution >= 4 is 5.91 Å². The van der Waals surface area contributed by atoms with Gasteiger partial charge in [0.15, 0.2) is 0 Å². The minimum atomic E-state index is -0.333. The molecule has 0 fully saturated rings. The summed E-state index contributed by atoms with van der Waals surface area (Å²) in [6, 6.07) is 5.56. The summed E-state index contributed by atoms with van der Waals surface area (Å²) in [4.78, 5) is 11.9. The molecule has 1 N–H and O–H groups in total. The summed E-state index contributed by atoms with van der Waals surface area (Å²) < 4.78 is 12.7. The third-order valence-electron chi connectivity index (χ3n) is 3.12. The molecule has 0 bridgehead atoms. The molecule has 0 saturated heterocycles. The fourth-order valence-corrected chi connectivity index (χ4v) is 1.94. The Morgan fingerprint density at radius 1 is 1.39 bits per heavy atom. The van der Waals surface area contributed by atoms with Gasteiger partial charge in [0.25, 0.3) is 5.91 Å². The van der Waals surface area contributed by atoms with Crippen LogP contribution in [0.1, 0.15) is 30.1 Å². The third-order valence-corrected chi connectivity index (χ3v) is 3.12. The largest absolute Gasteiger partial charge is 0.284 e. The minimum absolute atomic E-state index is 0.191. The van der Waals surface area contributed by atoms with Crippen LogP contribution in [0.2, 0.25) is 0 Å². The number of nitrogens with zero attached hydrogens (tertiary/aromatic N) is 1. The summed E-state index contributed by atoms with van der Waals surface area (Å²) >= 11 is 0. The number of carbonyl (C=O) groups is 1. The highest BCUT2D eigenvalue weighted by molar-refractivity contribution is 5.93. The van der Waals surface area contributed by atoms with Gasteiger partial charge in [-0.05, 0) is 37.1 Å². The van der Waals surface area contributed by atoms with Crippen molar-refractivity contribution in [3.63, 3.8) is 0 Å². The topological polar surface area (TPSA) is 32.3 Å². The van der Waals surface area contributed by atoms with E-state index in [0.717, 1.165) is 25.9 Å². The summed E-state index contributed by atoms with van der Waals surface area (Å²) in [6.07, 6.45) is 4.20. The lowest BCUT2D eigenvalue weighted by atomic mass is 10.1. The molecular weight excluding hydrogens is 231 g/mol. The molecule has 18 heavy (non-hydrogen) atoms. The van der Waals surface area contributed by atoms with Crippen molar-refractivity contribution in [2.24, 2.45) is 0 Å². The van der Waals surface area contributed by atoms with Gasteiger partial charge >= 0.3 is 0 Å². The van der Waals surface area contributed by atoms with Crippen LogP contribution in [0.3, 0.4) is 0 Å². The van der Waals surface area contributed by atoms with Gasteiger partial charge in [-0.15, -0.1) is 0 Å². The van der Waals surface area contributed by atoms with Gasteiger partial charge in [-0.3, -0.25) is 10.2 Å². The average molecular weight is 248 g/mol. The van der Waals surface area contributed by atoms with Crippen LogP contribution < -0.4 is 5.43 Å². The summed E-state index contributed by atoms with van der Waals surface area (Å²) in [6.45, 7) is 3.70. The van der Waals surface area contributed by atoms with Crippen molar-refractivity contribution in [3.05, 3.63) is 47.3 Å². The number of rotatable bonds is 3. The Hall–Kier alpha value is -1.68. The normalized spacial score (nSPS) is 16.2. The number of nitrogens with one attached hydrogen (secondary N) is 1. The van der Waals surface area contributed by atoms with Gasteiger partial charge in [0.05, 0.1) is 0 Å². The van der Waals surface area contributed by atoms with E-state index in [2.05, 4.69) is 18.4 Å². The molecule has 1 aromatic rings. The van der Waals surface area contributed by atoms with E-state index in [-0.39, 0.29) is 11.7 Å². The molecule has 0 spiro atoms. The zero-order valence-electron chi connectivity index (χ0n) is 10.4. The van der Waals surface area contributed by atoms with E-state index in [1.165, 1.54) is 29.8 Å². The molecule has 1 heterocycles. The number of benzene rings is 1. The van der Waals surface area contributed by atoms with Crippen molar-refractivity contribution in [3.8, 4) is 0 Å². The monoisotopic (exact) mass is 248 g/mol. The zero-order chi connectivity index (χ0) is 13.0. The summed E-state index contributed by atoms with van der Waals surface area (Å²) in [5, 5.41) is 1.88. The number of amides is 1. The van der Waals surface area contributed by atoms with E-state index in [1.54, 1.807) is 0 Å². The highest BCUT2D eigenvalue weighted by Crippen LogP contribution is 2.12.